The molecular formula is C27H28N4O2. The maximum Gasteiger partial charge on any atom is 0.269 e. The lowest BCUT2D eigenvalue weighted by atomic mass is 9.92. The van der Waals surface area contributed by atoms with Crippen molar-refractivity contribution in [2.75, 3.05) is 7.05 Å². The molecule has 1 saturated carbocycles. The summed E-state index contributed by atoms with van der Waals surface area (Å²) in [6.45, 7) is 7.53. The lowest BCUT2D eigenvalue weighted by molar-refractivity contribution is 0.0785. The van der Waals surface area contributed by atoms with Crippen LogP contribution in [0.25, 0.3) is 4.85 Å². The summed E-state index contributed by atoms with van der Waals surface area (Å²) in [6.07, 6.45) is 8.53. The summed E-state index contributed by atoms with van der Waals surface area (Å²) in [5, 5.41) is 10.8. The highest BCUT2D eigenvalue weighted by molar-refractivity contribution is 5.94. The third kappa shape index (κ3) is 5.63. The van der Waals surface area contributed by atoms with E-state index in [0.29, 0.717) is 23.8 Å². The molecule has 0 bridgehead atoms. The van der Waals surface area contributed by atoms with Crippen molar-refractivity contribution in [2.24, 2.45) is 11.8 Å². The number of pyridine rings is 2. The molecule has 0 spiro atoms. The molecule has 1 N–H and O–H groups in total. The predicted octanol–water partition coefficient (Wildman–Crippen LogP) is 4.99. The van der Waals surface area contributed by atoms with E-state index < -0.39 is 6.10 Å². The van der Waals surface area contributed by atoms with E-state index in [9.17, 15) is 9.90 Å². The van der Waals surface area contributed by atoms with E-state index in [1.165, 1.54) is 5.56 Å². The fraction of sp³-hybridized carbons (Fsp3) is 0.333. The van der Waals surface area contributed by atoms with Gasteiger partial charge in [0.2, 0.25) is 0 Å². The maximum absolute atomic E-state index is 12.8. The van der Waals surface area contributed by atoms with Gasteiger partial charge in [0, 0.05) is 37.1 Å². The quantitative estimate of drug-likeness (QED) is 0.526. The van der Waals surface area contributed by atoms with Crippen molar-refractivity contribution in [1.82, 2.24) is 14.9 Å². The minimum absolute atomic E-state index is 0.00713. The van der Waals surface area contributed by atoms with Crippen LogP contribution in [0, 0.1) is 18.4 Å². The zero-order valence-corrected chi connectivity index (χ0v) is 18.8. The van der Waals surface area contributed by atoms with Gasteiger partial charge in [-0.25, -0.2) is 0 Å². The van der Waals surface area contributed by atoms with Crippen molar-refractivity contribution in [3.8, 4) is 0 Å². The molecule has 1 unspecified atom stereocenters. The van der Waals surface area contributed by atoms with E-state index >= 15 is 0 Å². The van der Waals surface area contributed by atoms with Gasteiger partial charge in [-0.3, -0.25) is 9.78 Å². The van der Waals surface area contributed by atoms with Crippen molar-refractivity contribution >= 4 is 11.7 Å². The first-order valence-corrected chi connectivity index (χ1v) is 11.3. The number of carbonyl (C=O) groups excluding carboxylic acids is 1. The first kappa shape index (κ1) is 22.6. The van der Waals surface area contributed by atoms with Gasteiger partial charge in [0.1, 0.15) is 6.20 Å². The third-order valence-electron chi connectivity index (χ3n) is 6.47. The average molecular weight is 441 g/mol. The topological polar surface area (TPSA) is 70.7 Å². The molecule has 0 saturated heterocycles. The fourth-order valence-electron chi connectivity index (χ4n) is 4.67. The van der Waals surface area contributed by atoms with Gasteiger partial charge in [0.15, 0.2) is 0 Å². The molecule has 33 heavy (non-hydrogen) atoms. The summed E-state index contributed by atoms with van der Waals surface area (Å²) in [4.78, 5) is 26.0. The number of aromatic nitrogens is 2. The maximum atomic E-state index is 12.8. The van der Waals surface area contributed by atoms with Crippen LogP contribution < -0.4 is 0 Å². The molecular weight excluding hydrogens is 412 g/mol. The van der Waals surface area contributed by atoms with Crippen LogP contribution in [0.4, 0.5) is 5.82 Å². The molecule has 1 aromatic carbocycles. The zero-order valence-electron chi connectivity index (χ0n) is 18.8. The Labute approximate surface area is 194 Å². The Morgan fingerprint density at radius 1 is 1.15 bits per heavy atom. The van der Waals surface area contributed by atoms with Gasteiger partial charge >= 0.3 is 0 Å². The highest BCUT2D eigenvalue weighted by atomic mass is 16.3. The Morgan fingerprint density at radius 2 is 1.97 bits per heavy atom. The Morgan fingerprint density at radius 3 is 2.64 bits per heavy atom. The summed E-state index contributed by atoms with van der Waals surface area (Å²) in [5.41, 5.74) is 3.68. The number of carbonyl (C=O) groups is 1. The average Bonchev–Trinajstić information content (AvgIpc) is 3.32. The van der Waals surface area contributed by atoms with Gasteiger partial charge < -0.3 is 14.9 Å². The molecule has 1 amide bonds. The summed E-state index contributed by atoms with van der Waals surface area (Å²) in [5.74, 6) is 1.06. The number of hydrogen-bond donors (Lipinski definition) is 1. The second kappa shape index (κ2) is 10.4. The Hall–Kier alpha value is -3.56. The normalized spacial score (nSPS) is 18.5. The number of benzene rings is 1. The van der Waals surface area contributed by atoms with Crippen molar-refractivity contribution in [2.45, 2.75) is 38.3 Å². The molecule has 2 aromatic heterocycles. The van der Waals surface area contributed by atoms with E-state index in [1.807, 2.05) is 36.4 Å². The lowest BCUT2D eigenvalue weighted by Gasteiger charge is -2.18. The van der Waals surface area contributed by atoms with Crippen LogP contribution in [0.15, 0.2) is 67.1 Å². The monoisotopic (exact) mass is 440 g/mol. The summed E-state index contributed by atoms with van der Waals surface area (Å²) < 4.78 is 0. The fourth-order valence-corrected chi connectivity index (χ4v) is 4.67. The van der Waals surface area contributed by atoms with Gasteiger partial charge in [-0.2, -0.15) is 0 Å². The molecule has 3 atom stereocenters. The summed E-state index contributed by atoms with van der Waals surface area (Å²) >= 11 is 0. The number of nitrogens with zero attached hydrogens (tertiary/aromatic N) is 4. The standard InChI is InChI=1S/C27H28N4O2/c1-28-25-12-11-24(17-30-25)26(32)23-10-7-20(15-23)14-19-5-8-22(9-6-19)27(33)31(2)18-21-4-3-13-29-16-21/h3-6,8-9,11-13,16-17,20,23,26,32H,7,10,14-15,18H2,2H3/t20?,23-,26-/m0/s1. The van der Waals surface area contributed by atoms with Gasteiger partial charge in [0.25, 0.3) is 11.7 Å². The molecule has 1 aliphatic carbocycles. The first-order valence-electron chi connectivity index (χ1n) is 11.3. The van der Waals surface area contributed by atoms with Gasteiger partial charge in [-0.15, -0.1) is 4.98 Å². The van der Waals surface area contributed by atoms with Gasteiger partial charge in [-0.1, -0.05) is 30.8 Å². The van der Waals surface area contributed by atoms with Crippen LogP contribution >= 0.6 is 0 Å². The molecule has 6 heteroatoms. The van der Waals surface area contributed by atoms with Crippen LogP contribution in [0.1, 0.15) is 52.4 Å². The van der Waals surface area contributed by atoms with E-state index in [-0.39, 0.29) is 11.8 Å². The first-order chi connectivity index (χ1) is 16.0. The van der Waals surface area contributed by atoms with E-state index in [1.54, 1.807) is 42.7 Å². The summed E-state index contributed by atoms with van der Waals surface area (Å²) in [6, 6.07) is 15.2. The van der Waals surface area contributed by atoms with Crippen LogP contribution in [-0.2, 0) is 13.0 Å². The van der Waals surface area contributed by atoms with Crippen molar-refractivity contribution < 1.29 is 9.90 Å². The van der Waals surface area contributed by atoms with Crippen LogP contribution in [-0.4, -0.2) is 32.9 Å². The highest BCUT2D eigenvalue weighted by Gasteiger charge is 2.31. The second-order valence-electron chi connectivity index (χ2n) is 8.87. The smallest absolute Gasteiger partial charge is 0.269 e. The SMILES string of the molecule is [C-]#[N+]c1ccc([C@@H](O)[C@H]2CCC(Cc3ccc(C(=O)N(C)Cc4cccnc4)cc3)C2)cn1. The molecule has 0 aliphatic heterocycles. The number of aliphatic hydroxyl groups excluding tert-OH is 1. The number of hydrogen-bond acceptors (Lipinski definition) is 4. The molecule has 3 aromatic rings. The van der Waals surface area contributed by atoms with Crippen LogP contribution in [0.3, 0.4) is 0 Å². The molecule has 1 aliphatic rings. The number of amides is 1. The number of rotatable bonds is 7. The van der Waals surface area contributed by atoms with Crippen LogP contribution in [0.5, 0.6) is 0 Å². The Balaban J connectivity index is 1.31. The Kier molecular flexibility index (Phi) is 7.11. The van der Waals surface area contributed by atoms with Crippen molar-refractivity contribution in [1.29, 1.82) is 0 Å². The van der Waals surface area contributed by atoms with Crippen molar-refractivity contribution in [3.05, 3.63) is 101 Å². The molecule has 4 rings (SSSR count). The predicted molar refractivity (Wildman–Crippen MR) is 126 cm³/mol. The third-order valence-corrected chi connectivity index (χ3v) is 6.47. The molecule has 1 fully saturated rings. The van der Waals surface area contributed by atoms with Gasteiger partial charge in [-0.05, 0) is 72.9 Å². The second-order valence-corrected chi connectivity index (χ2v) is 8.87. The molecule has 168 valence electrons. The Bertz CT molecular complexity index is 1110. The van der Waals surface area contributed by atoms with Crippen LogP contribution in [0.2, 0.25) is 0 Å². The number of aliphatic hydroxyl groups is 1. The minimum atomic E-state index is -0.544. The zero-order chi connectivity index (χ0) is 23.2. The molecule has 2 heterocycles. The molecule has 0 radical (unpaired) electrons. The summed E-state index contributed by atoms with van der Waals surface area (Å²) in [7, 11) is 1.80. The van der Waals surface area contributed by atoms with E-state index in [4.69, 9.17) is 6.57 Å². The van der Waals surface area contributed by atoms with E-state index in [0.717, 1.165) is 36.8 Å². The lowest BCUT2D eigenvalue weighted by Crippen LogP contribution is -2.26. The van der Waals surface area contributed by atoms with Gasteiger partial charge in [0.05, 0.1) is 6.10 Å². The highest BCUT2D eigenvalue weighted by Crippen LogP contribution is 2.40. The van der Waals surface area contributed by atoms with E-state index in [2.05, 4.69) is 14.8 Å². The molecule has 6 nitrogen and oxygen atoms in total. The minimum Gasteiger partial charge on any atom is -0.388 e. The van der Waals surface area contributed by atoms with Crippen molar-refractivity contribution in [3.63, 3.8) is 0 Å². The largest absolute Gasteiger partial charge is 0.388 e.